The predicted molar refractivity (Wildman–Crippen MR) is 72.7 cm³/mol. The van der Waals surface area contributed by atoms with Crippen LogP contribution >= 0.6 is 0 Å². The average molecular weight is 271 g/mol. The van der Waals surface area contributed by atoms with E-state index in [0.29, 0.717) is 6.54 Å². The van der Waals surface area contributed by atoms with Crippen LogP contribution in [0.4, 0.5) is 0 Å². The Balaban J connectivity index is 2.16. The molecule has 1 aromatic carbocycles. The topological polar surface area (TPSA) is 92.5 Å². The van der Waals surface area contributed by atoms with Crippen LogP contribution in [0.5, 0.6) is 0 Å². The van der Waals surface area contributed by atoms with Crippen molar-refractivity contribution in [3.8, 4) is 0 Å². The van der Waals surface area contributed by atoms with Gasteiger partial charge in [-0.1, -0.05) is 18.2 Å². The van der Waals surface area contributed by atoms with Crippen molar-refractivity contribution in [2.24, 2.45) is 5.11 Å². The molecule has 20 heavy (non-hydrogen) atoms. The van der Waals surface area contributed by atoms with Gasteiger partial charge in [-0.15, -0.1) is 0 Å². The maximum atomic E-state index is 11.1. The Bertz CT molecular complexity index is 728. The lowest BCUT2D eigenvalue weighted by Gasteiger charge is -2.19. The second-order valence-corrected chi connectivity index (χ2v) is 5.03. The van der Waals surface area contributed by atoms with Crippen LogP contribution in [0.2, 0.25) is 0 Å². The Labute approximate surface area is 115 Å². The molecule has 102 valence electrons. The molecule has 2 N–H and O–H groups in total. The number of aliphatic carboxylic acids is 1. The van der Waals surface area contributed by atoms with Gasteiger partial charge in [0.1, 0.15) is 10.6 Å². The number of rotatable bonds is 3. The number of nitrogens with one attached hydrogen (secondary N) is 1. The van der Waals surface area contributed by atoms with E-state index >= 15 is 0 Å². The van der Waals surface area contributed by atoms with E-state index in [2.05, 4.69) is 14.6 Å². The monoisotopic (exact) mass is 271 g/mol. The molecule has 0 aliphatic carbocycles. The third kappa shape index (κ3) is 2.00. The summed E-state index contributed by atoms with van der Waals surface area (Å²) < 4.78 is 2.14. The third-order valence-electron chi connectivity index (χ3n) is 3.85. The molecule has 0 radical (unpaired) electrons. The lowest BCUT2D eigenvalue weighted by Crippen LogP contribution is -2.23. The van der Waals surface area contributed by atoms with E-state index in [1.807, 2.05) is 24.3 Å². The molecule has 1 atom stereocenters. The van der Waals surface area contributed by atoms with Gasteiger partial charge in [-0.2, -0.15) is 0 Å². The predicted octanol–water partition coefficient (Wildman–Crippen LogP) is 2.13. The third-order valence-corrected chi connectivity index (χ3v) is 3.85. The number of nitrogens with zero attached hydrogens (tertiary/aromatic N) is 3. The van der Waals surface area contributed by atoms with E-state index in [9.17, 15) is 4.79 Å². The van der Waals surface area contributed by atoms with E-state index in [1.165, 1.54) is 0 Å². The van der Waals surface area contributed by atoms with Crippen LogP contribution in [0, 0.1) is 5.53 Å². The number of hydrogen-bond acceptors (Lipinski definition) is 3. The van der Waals surface area contributed by atoms with Crippen molar-refractivity contribution < 1.29 is 9.90 Å². The molecule has 0 saturated heterocycles. The normalized spacial score (nSPS) is 17.5. The molecule has 0 saturated carbocycles. The van der Waals surface area contributed by atoms with Gasteiger partial charge in [-0.25, -0.2) is 0 Å². The first-order valence-corrected chi connectivity index (χ1v) is 6.58. The van der Waals surface area contributed by atoms with Crippen molar-refractivity contribution in [3.05, 3.63) is 35.5 Å². The van der Waals surface area contributed by atoms with E-state index in [4.69, 9.17) is 10.6 Å². The summed E-state index contributed by atoms with van der Waals surface area (Å²) in [6, 6.07) is 7.87. The molecule has 1 aromatic heterocycles. The fourth-order valence-electron chi connectivity index (χ4n) is 3.05. The van der Waals surface area contributed by atoms with E-state index in [0.717, 1.165) is 35.0 Å². The highest BCUT2D eigenvalue weighted by atomic mass is 16.4. The van der Waals surface area contributed by atoms with Gasteiger partial charge in [-0.3, -0.25) is 4.79 Å². The number of hydrogen-bond donors (Lipinski definition) is 2. The van der Waals surface area contributed by atoms with Crippen LogP contribution in [-0.4, -0.2) is 21.7 Å². The Hall–Kier alpha value is -2.46. The van der Waals surface area contributed by atoms with Gasteiger partial charge in [0.2, 0.25) is 4.91 Å². The molecular formula is C14H15N4O2+. The van der Waals surface area contributed by atoms with Crippen molar-refractivity contribution in [1.82, 2.24) is 9.48 Å². The number of carbonyl (C=O) groups is 1. The van der Waals surface area contributed by atoms with Gasteiger partial charge in [0.25, 0.3) is 0 Å². The highest BCUT2D eigenvalue weighted by Crippen LogP contribution is 2.31. The summed E-state index contributed by atoms with van der Waals surface area (Å²) in [6.45, 7) is 0.665. The number of para-hydroxylation sites is 1. The first kappa shape index (κ1) is 12.6. The van der Waals surface area contributed by atoms with Gasteiger partial charge < -0.3 is 9.67 Å². The summed E-state index contributed by atoms with van der Waals surface area (Å²) in [4.78, 5) is 14.2. The summed E-state index contributed by atoms with van der Waals surface area (Å²) in [7, 11) is 0. The standard InChI is InChI=1S/C14H14N4O2/c15-17-16-9-5-6-13-11(7-14(19)20)10-3-1-2-4-12(10)18(13)8-9/h1-4,9,15H,5-8H2/p+1. The van der Waals surface area contributed by atoms with E-state index in [1.54, 1.807) is 0 Å². The molecule has 0 amide bonds. The zero-order valence-corrected chi connectivity index (χ0v) is 10.9. The zero-order chi connectivity index (χ0) is 14.1. The molecule has 1 aliphatic heterocycles. The quantitative estimate of drug-likeness (QED) is 0.661. The van der Waals surface area contributed by atoms with Crippen LogP contribution in [0.1, 0.15) is 17.7 Å². The molecule has 3 rings (SSSR count). The van der Waals surface area contributed by atoms with Crippen LogP contribution in [0.25, 0.3) is 10.9 Å². The number of fused-ring (bicyclic) bond motifs is 3. The summed E-state index contributed by atoms with van der Waals surface area (Å²) >= 11 is 0. The summed E-state index contributed by atoms with van der Waals surface area (Å²) in [5.74, 6) is -0.808. The van der Waals surface area contributed by atoms with Gasteiger partial charge in [0.05, 0.1) is 13.0 Å². The van der Waals surface area contributed by atoms with Crippen LogP contribution in [-0.2, 0) is 24.2 Å². The minimum Gasteiger partial charge on any atom is -0.481 e. The lowest BCUT2D eigenvalue weighted by atomic mass is 10.0. The Kier molecular flexibility index (Phi) is 3.08. The van der Waals surface area contributed by atoms with Crippen LogP contribution in [0.15, 0.2) is 29.4 Å². The number of benzene rings is 1. The molecule has 6 nitrogen and oxygen atoms in total. The first-order valence-electron chi connectivity index (χ1n) is 6.58. The minimum absolute atomic E-state index is 0.00786. The van der Waals surface area contributed by atoms with Gasteiger partial charge >= 0.3 is 5.97 Å². The second kappa shape index (κ2) is 4.90. The number of carboxylic acid groups (broad SMARTS) is 1. The summed E-state index contributed by atoms with van der Waals surface area (Å²) in [5.41, 5.74) is 9.90. The largest absolute Gasteiger partial charge is 0.481 e. The number of carboxylic acids is 1. The smallest absolute Gasteiger partial charge is 0.307 e. The summed E-state index contributed by atoms with van der Waals surface area (Å²) in [6.07, 6.45) is 1.64. The molecule has 0 fully saturated rings. The van der Waals surface area contributed by atoms with Crippen LogP contribution < -0.4 is 4.91 Å². The zero-order valence-electron chi connectivity index (χ0n) is 10.9. The van der Waals surface area contributed by atoms with Crippen molar-refractivity contribution in [2.45, 2.75) is 31.8 Å². The van der Waals surface area contributed by atoms with E-state index in [-0.39, 0.29) is 12.5 Å². The molecular weight excluding hydrogens is 256 g/mol. The highest BCUT2D eigenvalue weighted by molar-refractivity contribution is 5.89. The molecule has 0 bridgehead atoms. The van der Waals surface area contributed by atoms with Crippen molar-refractivity contribution in [2.75, 3.05) is 0 Å². The second-order valence-electron chi connectivity index (χ2n) is 5.03. The van der Waals surface area contributed by atoms with Crippen LogP contribution in [0.3, 0.4) is 0 Å². The molecule has 2 heterocycles. The van der Waals surface area contributed by atoms with Crippen molar-refractivity contribution in [1.29, 1.82) is 5.53 Å². The highest BCUT2D eigenvalue weighted by Gasteiger charge is 2.27. The molecule has 6 heteroatoms. The van der Waals surface area contributed by atoms with Crippen molar-refractivity contribution >= 4 is 16.9 Å². The van der Waals surface area contributed by atoms with E-state index < -0.39 is 5.97 Å². The SMILES string of the molecule is N=[N+]=NC1CCc2c(CC(=O)O)c3ccccc3n2C1. The first-order chi connectivity index (χ1) is 9.70. The summed E-state index contributed by atoms with van der Waals surface area (Å²) in [5, 5.41) is 14.0. The molecule has 1 unspecified atom stereocenters. The van der Waals surface area contributed by atoms with Crippen molar-refractivity contribution in [3.63, 3.8) is 0 Å². The fraction of sp³-hybridized carbons (Fsp3) is 0.357. The average Bonchev–Trinajstić information content (AvgIpc) is 2.73. The maximum absolute atomic E-state index is 11.1. The Morgan fingerprint density at radius 2 is 2.30 bits per heavy atom. The Morgan fingerprint density at radius 3 is 3.05 bits per heavy atom. The molecule has 1 aliphatic rings. The maximum Gasteiger partial charge on any atom is 0.307 e. The van der Waals surface area contributed by atoms with Gasteiger partial charge in [0, 0.05) is 16.6 Å². The fourth-order valence-corrected chi connectivity index (χ4v) is 3.05. The number of aromatic nitrogens is 1. The lowest BCUT2D eigenvalue weighted by molar-refractivity contribution is -0.136. The van der Waals surface area contributed by atoms with Gasteiger partial charge in [0.15, 0.2) is 6.04 Å². The minimum atomic E-state index is -0.808. The molecule has 2 aromatic rings. The van der Waals surface area contributed by atoms with Gasteiger partial charge in [-0.05, 0) is 24.5 Å². The molecule has 0 spiro atoms. The Morgan fingerprint density at radius 1 is 1.50 bits per heavy atom.